The third-order valence-corrected chi connectivity index (χ3v) is 9.84. The van der Waals surface area contributed by atoms with Crippen LogP contribution in [0.1, 0.15) is 222 Å². The lowest BCUT2D eigenvalue weighted by Crippen LogP contribution is -2.55. The van der Waals surface area contributed by atoms with Gasteiger partial charge in [0.2, 0.25) is 0 Å². The summed E-state index contributed by atoms with van der Waals surface area (Å²) in [6.45, 7) is 58.3. The minimum absolute atomic E-state index is 0. The molecule has 0 amide bonds. The molecule has 3 saturated heterocycles. The number of hydrogen-bond acceptors (Lipinski definition) is 3. The quantitative estimate of drug-likeness (QED) is 0.242. The maximum atomic E-state index is 2.70. The number of hydrogen-bond donors (Lipinski definition) is 0. The van der Waals surface area contributed by atoms with Crippen LogP contribution in [0.3, 0.4) is 0 Å². The van der Waals surface area contributed by atoms with E-state index < -0.39 is 0 Å². The maximum Gasteiger partial charge on any atom is 0.0149 e. The van der Waals surface area contributed by atoms with Crippen LogP contribution in [-0.4, -0.2) is 69.1 Å². The van der Waals surface area contributed by atoms with Crippen molar-refractivity contribution in [3.63, 3.8) is 0 Å². The van der Waals surface area contributed by atoms with Gasteiger partial charge in [0.15, 0.2) is 0 Å². The van der Waals surface area contributed by atoms with Gasteiger partial charge in [-0.05, 0) is 137 Å². The van der Waals surface area contributed by atoms with E-state index in [0.717, 1.165) is 18.1 Å². The molecule has 0 aliphatic carbocycles. The summed E-state index contributed by atoms with van der Waals surface area (Å²) in [4.78, 5) is 8.08. The van der Waals surface area contributed by atoms with Crippen LogP contribution >= 0.6 is 40.5 Å². The Labute approximate surface area is 346 Å². The van der Waals surface area contributed by atoms with E-state index >= 15 is 0 Å². The van der Waals surface area contributed by atoms with Gasteiger partial charge in [-0.1, -0.05) is 117 Å². The standard InChI is InChI=1S/2C13H27N.C12H25N.3C2H6.3H2S.3H2/c2*1-12(2,3)11-9-7-8-10-14(11)13(4,5)6;1-11(2,3)10-8-7-9-13(10)12(4,5)6;3*1-2;;;;;;/h2*11H,7-10H2,1-6H3;10H,7-9H2,1-6H3;3*1-2H3;3*1H2;3*1H/i;;;;;;;;;3*1+2. The highest BCUT2D eigenvalue weighted by Crippen LogP contribution is 2.38. The van der Waals surface area contributed by atoms with Crippen molar-refractivity contribution in [2.24, 2.45) is 16.2 Å². The summed E-state index contributed by atoms with van der Waals surface area (Å²) in [6, 6.07) is 2.29. The number of piperidine rings is 2. The van der Waals surface area contributed by atoms with E-state index in [1.54, 1.807) is 0 Å². The fraction of sp³-hybridized carbons (Fsp3) is 1.00. The van der Waals surface area contributed by atoms with Crippen LogP contribution in [0, 0.1) is 16.2 Å². The zero-order valence-corrected chi connectivity index (χ0v) is 42.4. The number of rotatable bonds is 0. The average molecular weight is 783 g/mol. The Hall–Kier alpha value is 0.930. The Balaban J connectivity index is -0.0000000693. The predicted octanol–water partition coefficient (Wildman–Crippen LogP) is 14.8. The molecule has 3 fully saturated rings. The van der Waals surface area contributed by atoms with E-state index in [0.29, 0.717) is 32.9 Å². The van der Waals surface area contributed by atoms with Crippen LogP contribution in [0.5, 0.6) is 0 Å². The van der Waals surface area contributed by atoms with Gasteiger partial charge < -0.3 is 0 Å². The first-order chi connectivity index (χ1) is 21.2. The SMILES string of the molecule is CC.CC.CC.CC(C)(C)C1CCCCN1C(C)(C)C.CC(C)(C)C1CCCCN1C(C)(C)C.CC(C)(C)C1CCCN1C(C)(C)C.S.S.S.[3HH].[3HH].[3HH]. The summed E-state index contributed by atoms with van der Waals surface area (Å²) < 4.78 is 0. The van der Waals surface area contributed by atoms with Crippen molar-refractivity contribution in [2.45, 2.75) is 252 Å². The summed E-state index contributed by atoms with van der Waals surface area (Å²) in [5.74, 6) is 0. The summed E-state index contributed by atoms with van der Waals surface area (Å²) in [7, 11) is 0. The Morgan fingerprint density at radius 1 is 0.320 bits per heavy atom. The molecule has 0 aromatic carbocycles. The van der Waals surface area contributed by atoms with E-state index in [-0.39, 0.29) is 44.8 Å². The molecule has 3 aliphatic rings. The monoisotopic (exact) mass is 782 g/mol. The Kier molecular flexibility index (Phi) is 34.6. The molecule has 0 spiro atoms. The number of nitrogens with zero attached hydrogens (tertiary/aromatic N) is 3. The highest BCUT2D eigenvalue weighted by atomic mass is 32.1. The van der Waals surface area contributed by atoms with E-state index in [2.05, 4.69) is 139 Å². The number of likely N-dealkylation sites (tertiary alicyclic amines) is 3. The van der Waals surface area contributed by atoms with Crippen LogP contribution in [0.15, 0.2) is 0 Å². The first-order valence-electron chi connectivity index (χ1n) is 20.5. The Morgan fingerprint density at radius 2 is 0.500 bits per heavy atom. The van der Waals surface area contributed by atoms with Crippen LogP contribution in [0.4, 0.5) is 0 Å². The maximum absolute atomic E-state index is 2.70. The predicted molar refractivity (Wildman–Crippen MR) is 258 cm³/mol. The molecule has 0 radical (unpaired) electrons. The fourth-order valence-corrected chi connectivity index (χ4v) is 7.74. The first kappa shape index (κ1) is 62.9. The molecule has 3 rings (SSSR count). The van der Waals surface area contributed by atoms with Gasteiger partial charge in [0.25, 0.3) is 0 Å². The molecule has 0 bridgehead atoms. The van der Waals surface area contributed by atoms with Crippen molar-refractivity contribution < 1.29 is 4.28 Å². The summed E-state index contributed by atoms with van der Waals surface area (Å²) in [6.07, 6.45) is 11.1. The lowest BCUT2D eigenvalue weighted by molar-refractivity contribution is -0.00416. The molecule has 3 heterocycles. The summed E-state index contributed by atoms with van der Waals surface area (Å²) >= 11 is 0. The second-order valence-electron chi connectivity index (χ2n) is 19.9. The highest BCUT2D eigenvalue weighted by molar-refractivity contribution is 7.59. The Morgan fingerprint density at radius 3 is 0.660 bits per heavy atom. The normalized spacial score (nSPS) is 22.2. The molecule has 3 unspecified atom stereocenters. The van der Waals surface area contributed by atoms with Gasteiger partial charge in [-0.25, -0.2) is 0 Å². The molecular weight excluding hydrogens is 667 g/mol. The van der Waals surface area contributed by atoms with Crippen molar-refractivity contribution in [3.05, 3.63) is 0 Å². The molecule has 0 N–H and O–H groups in total. The third kappa shape index (κ3) is 23.7. The fourth-order valence-electron chi connectivity index (χ4n) is 7.74. The molecule has 0 saturated carbocycles. The molecule has 6 heteroatoms. The van der Waals surface area contributed by atoms with E-state index in [9.17, 15) is 0 Å². The molecular formula is C44H109N3S3. The van der Waals surface area contributed by atoms with Crippen molar-refractivity contribution >= 4 is 40.5 Å². The van der Waals surface area contributed by atoms with E-state index in [1.165, 1.54) is 71.0 Å². The van der Waals surface area contributed by atoms with Gasteiger partial charge in [-0.2, -0.15) is 40.5 Å². The lowest BCUT2D eigenvalue weighted by atomic mass is 9.78. The summed E-state index contributed by atoms with van der Waals surface area (Å²) in [5, 5.41) is 0. The van der Waals surface area contributed by atoms with Crippen molar-refractivity contribution in [1.82, 2.24) is 14.7 Å². The highest BCUT2D eigenvalue weighted by Gasteiger charge is 2.40. The topological polar surface area (TPSA) is 9.72 Å². The molecule has 0 aromatic rings. The van der Waals surface area contributed by atoms with E-state index in [4.69, 9.17) is 0 Å². The van der Waals surface area contributed by atoms with Crippen LogP contribution in [-0.2, 0) is 0 Å². The van der Waals surface area contributed by atoms with Gasteiger partial charge >= 0.3 is 0 Å². The first-order valence-corrected chi connectivity index (χ1v) is 20.5. The van der Waals surface area contributed by atoms with E-state index in [1.807, 2.05) is 41.5 Å². The molecule has 0 aromatic heterocycles. The second kappa shape index (κ2) is 27.5. The zero-order chi connectivity index (χ0) is 38.2. The second-order valence-corrected chi connectivity index (χ2v) is 19.9. The van der Waals surface area contributed by atoms with Crippen molar-refractivity contribution in [1.29, 1.82) is 0 Å². The summed E-state index contributed by atoms with van der Waals surface area (Å²) in [5.41, 5.74) is 2.29. The minimum Gasteiger partial charge on any atom is -0.295 e. The van der Waals surface area contributed by atoms with Gasteiger partial charge in [-0.15, -0.1) is 0 Å². The smallest absolute Gasteiger partial charge is 0.0149 e. The largest absolute Gasteiger partial charge is 0.295 e. The molecule has 3 nitrogen and oxygen atoms in total. The van der Waals surface area contributed by atoms with Gasteiger partial charge in [-0.3, -0.25) is 14.7 Å². The third-order valence-electron chi connectivity index (χ3n) is 9.84. The molecule has 318 valence electrons. The van der Waals surface area contributed by atoms with Crippen molar-refractivity contribution in [3.8, 4) is 0 Å². The van der Waals surface area contributed by atoms with Crippen LogP contribution < -0.4 is 0 Å². The lowest BCUT2D eigenvalue weighted by Gasteiger charge is -2.50. The van der Waals surface area contributed by atoms with Crippen LogP contribution in [0.25, 0.3) is 0 Å². The minimum atomic E-state index is 0. The molecule has 50 heavy (non-hydrogen) atoms. The van der Waals surface area contributed by atoms with Gasteiger partial charge in [0, 0.05) is 39.0 Å². The van der Waals surface area contributed by atoms with Crippen LogP contribution in [0.2, 0.25) is 0 Å². The zero-order valence-electron chi connectivity index (χ0n) is 39.4. The van der Waals surface area contributed by atoms with Crippen molar-refractivity contribution in [2.75, 3.05) is 19.6 Å². The molecule has 3 atom stereocenters. The average Bonchev–Trinajstić information content (AvgIpc) is 3.48. The Bertz CT molecular complexity index is 667. The molecule has 3 aliphatic heterocycles. The van der Waals surface area contributed by atoms with Gasteiger partial charge in [0.1, 0.15) is 0 Å². The van der Waals surface area contributed by atoms with Gasteiger partial charge in [0.05, 0.1) is 0 Å².